The van der Waals surface area contributed by atoms with Crippen molar-refractivity contribution < 1.29 is 10.2 Å². The Morgan fingerprint density at radius 1 is 1.12 bits per heavy atom. The van der Waals surface area contributed by atoms with Gasteiger partial charge in [0.1, 0.15) is 0 Å². The second-order valence-corrected chi connectivity index (χ2v) is 11.9. The molecule has 0 saturated heterocycles. The van der Waals surface area contributed by atoms with Gasteiger partial charge in [0.2, 0.25) is 0 Å². The number of nitrogens with two attached hydrogens (primary N) is 1. The summed E-state index contributed by atoms with van der Waals surface area (Å²) in [4.78, 5) is 0. The molecule has 0 aromatic carbocycles. The Kier molecular flexibility index (Phi) is 11.4. The standard InChI is InChI=1S/C27H44O.C3H9NO/c1-20-10-6-7-12-22(20)14-15-23-13-9-19-27(5)24(16-17-25(23)27)21(2)11-8-18-26(3,4)28;4-2-1-3-5/h14-15,21,24-25,28H,1,6-13,16-19H2,2-5H3;5H,1-4H2/b22-14-,23-15+;/t21-,24?,25?,27?;/m1./s1. The van der Waals surface area contributed by atoms with Crippen LogP contribution in [-0.2, 0) is 0 Å². The normalized spacial score (nSPS) is 31.3. The summed E-state index contributed by atoms with van der Waals surface area (Å²) >= 11 is 0. The first-order chi connectivity index (χ1) is 15.6. The van der Waals surface area contributed by atoms with Crippen LogP contribution in [0.1, 0.15) is 111 Å². The van der Waals surface area contributed by atoms with Crippen LogP contribution in [0, 0.1) is 23.2 Å². The Morgan fingerprint density at radius 2 is 1.85 bits per heavy atom. The molecule has 0 bridgehead atoms. The first-order valence-electron chi connectivity index (χ1n) is 13.7. The zero-order chi connectivity index (χ0) is 24.5. The quantitative estimate of drug-likeness (QED) is 0.363. The highest BCUT2D eigenvalue weighted by molar-refractivity contribution is 5.35. The van der Waals surface area contributed by atoms with E-state index in [-0.39, 0.29) is 6.61 Å². The lowest BCUT2D eigenvalue weighted by Crippen LogP contribution is -2.36. The molecule has 3 rings (SSSR count). The lowest BCUT2D eigenvalue weighted by atomic mass is 9.60. The van der Waals surface area contributed by atoms with Crippen molar-refractivity contribution in [2.45, 2.75) is 117 Å². The van der Waals surface area contributed by atoms with Gasteiger partial charge in [-0.15, -0.1) is 0 Å². The molecule has 3 saturated carbocycles. The molecule has 0 heterocycles. The molecule has 3 aliphatic rings. The number of fused-ring (bicyclic) bond motifs is 1. The number of aliphatic hydroxyl groups is 2. The van der Waals surface area contributed by atoms with Gasteiger partial charge < -0.3 is 15.9 Å². The molecule has 0 amide bonds. The second-order valence-electron chi connectivity index (χ2n) is 11.9. The van der Waals surface area contributed by atoms with Crippen molar-refractivity contribution in [2.75, 3.05) is 13.2 Å². The Bertz CT molecular complexity index is 669. The first-order valence-corrected chi connectivity index (χ1v) is 13.7. The SMILES string of the molecule is C=C1CCCC/C1=C/C=C1\CCCC2(C)C1CCC2[C@H](C)CCCC(C)(C)O.NCCCO. The Labute approximate surface area is 204 Å². The van der Waals surface area contributed by atoms with Gasteiger partial charge >= 0.3 is 0 Å². The average molecular weight is 460 g/mol. The molecule has 0 aliphatic heterocycles. The topological polar surface area (TPSA) is 66.5 Å². The lowest BCUT2D eigenvalue weighted by Gasteiger charge is -2.44. The van der Waals surface area contributed by atoms with E-state index in [9.17, 15) is 5.11 Å². The van der Waals surface area contributed by atoms with E-state index in [1.165, 1.54) is 75.4 Å². The predicted molar refractivity (Wildman–Crippen MR) is 142 cm³/mol. The van der Waals surface area contributed by atoms with Crippen molar-refractivity contribution in [3.05, 3.63) is 35.5 Å². The van der Waals surface area contributed by atoms with Crippen LogP contribution in [0.4, 0.5) is 0 Å². The van der Waals surface area contributed by atoms with E-state index in [1.807, 2.05) is 13.8 Å². The minimum atomic E-state index is -0.515. The molecule has 0 aromatic rings. The van der Waals surface area contributed by atoms with E-state index < -0.39 is 5.60 Å². The molecule has 3 unspecified atom stereocenters. The molecule has 0 spiro atoms. The van der Waals surface area contributed by atoms with E-state index in [4.69, 9.17) is 10.8 Å². The van der Waals surface area contributed by atoms with E-state index in [0.717, 1.165) is 37.0 Å². The summed E-state index contributed by atoms with van der Waals surface area (Å²) in [5.41, 5.74) is 9.57. The minimum absolute atomic E-state index is 0.219. The molecule has 3 aliphatic carbocycles. The van der Waals surface area contributed by atoms with Gasteiger partial charge in [-0.2, -0.15) is 0 Å². The third-order valence-electron chi connectivity index (χ3n) is 8.66. The van der Waals surface area contributed by atoms with Crippen molar-refractivity contribution in [3.8, 4) is 0 Å². The Balaban J connectivity index is 0.000000696. The van der Waals surface area contributed by atoms with Crippen LogP contribution < -0.4 is 5.73 Å². The van der Waals surface area contributed by atoms with Gasteiger partial charge in [-0.25, -0.2) is 0 Å². The summed E-state index contributed by atoms with van der Waals surface area (Å²) in [6.45, 7) is 14.1. The number of allylic oxidation sites excluding steroid dienone is 5. The third-order valence-corrected chi connectivity index (χ3v) is 8.66. The summed E-state index contributed by atoms with van der Waals surface area (Å²) in [6.07, 6.45) is 20.9. The average Bonchev–Trinajstić information content (AvgIpc) is 3.11. The highest BCUT2D eigenvalue weighted by Gasteiger charge is 2.50. The number of hydrogen-bond donors (Lipinski definition) is 3. The smallest absolute Gasteiger partial charge is 0.0591 e. The van der Waals surface area contributed by atoms with E-state index in [0.29, 0.717) is 12.0 Å². The fourth-order valence-electron chi connectivity index (χ4n) is 6.76. The third kappa shape index (κ3) is 8.37. The highest BCUT2D eigenvalue weighted by atomic mass is 16.3. The second kappa shape index (κ2) is 13.3. The molecular weight excluding hydrogens is 406 g/mol. The summed E-state index contributed by atoms with van der Waals surface area (Å²) in [6, 6.07) is 0. The van der Waals surface area contributed by atoms with Gasteiger partial charge in [0.15, 0.2) is 0 Å². The lowest BCUT2D eigenvalue weighted by molar-refractivity contribution is 0.0597. The van der Waals surface area contributed by atoms with Gasteiger partial charge in [-0.3, -0.25) is 0 Å². The summed E-state index contributed by atoms with van der Waals surface area (Å²) in [5.74, 6) is 2.41. The molecule has 0 radical (unpaired) electrons. The van der Waals surface area contributed by atoms with Crippen LogP contribution in [0.15, 0.2) is 35.5 Å². The van der Waals surface area contributed by atoms with Crippen LogP contribution in [0.5, 0.6) is 0 Å². The van der Waals surface area contributed by atoms with Crippen molar-refractivity contribution >= 4 is 0 Å². The maximum absolute atomic E-state index is 10.0. The fourth-order valence-corrected chi connectivity index (χ4v) is 6.76. The van der Waals surface area contributed by atoms with Crippen molar-refractivity contribution in [3.63, 3.8) is 0 Å². The zero-order valence-corrected chi connectivity index (χ0v) is 22.2. The molecular formula is C30H53NO2. The molecule has 3 heteroatoms. The first kappa shape index (κ1) is 28.3. The summed E-state index contributed by atoms with van der Waals surface area (Å²) in [5, 5.41) is 18.0. The highest BCUT2D eigenvalue weighted by Crippen LogP contribution is 2.60. The Hall–Kier alpha value is -0.900. The predicted octanol–water partition coefficient (Wildman–Crippen LogP) is 7.09. The van der Waals surface area contributed by atoms with E-state index in [2.05, 4.69) is 32.6 Å². The van der Waals surface area contributed by atoms with Crippen molar-refractivity contribution in [1.82, 2.24) is 0 Å². The van der Waals surface area contributed by atoms with Gasteiger partial charge in [-0.05, 0) is 120 Å². The Morgan fingerprint density at radius 3 is 2.45 bits per heavy atom. The van der Waals surface area contributed by atoms with E-state index in [1.54, 1.807) is 5.57 Å². The van der Waals surface area contributed by atoms with E-state index >= 15 is 0 Å². The number of hydrogen-bond acceptors (Lipinski definition) is 3. The molecule has 33 heavy (non-hydrogen) atoms. The number of aliphatic hydroxyl groups excluding tert-OH is 1. The molecule has 3 fully saturated rings. The van der Waals surface area contributed by atoms with Gasteiger partial charge in [0.25, 0.3) is 0 Å². The molecule has 3 nitrogen and oxygen atoms in total. The zero-order valence-electron chi connectivity index (χ0n) is 22.2. The van der Waals surface area contributed by atoms with Gasteiger partial charge in [0.05, 0.1) is 5.60 Å². The summed E-state index contributed by atoms with van der Waals surface area (Å²) < 4.78 is 0. The fraction of sp³-hybridized carbons (Fsp3) is 0.800. The van der Waals surface area contributed by atoms with Crippen LogP contribution >= 0.6 is 0 Å². The summed E-state index contributed by atoms with van der Waals surface area (Å²) in [7, 11) is 0. The van der Waals surface area contributed by atoms with Crippen molar-refractivity contribution in [2.24, 2.45) is 28.9 Å². The minimum Gasteiger partial charge on any atom is -0.396 e. The van der Waals surface area contributed by atoms with Crippen LogP contribution in [0.2, 0.25) is 0 Å². The van der Waals surface area contributed by atoms with Gasteiger partial charge in [0, 0.05) is 6.61 Å². The van der Waals surface area contributed by atoms with Gasteiger partial charge in [-0.1, -0.05) is 56.6 Å². The van der Waals surface area contributed by atoms with Crippen LogP contribution in [0.25, 0.3) is 0 Å². The van der Waals surface area contributed by atoms with Crippen LogP contribution in [-0.4, -0.2) is 29.0 Å². The number of rotatable bonds is 8. The van der Waals surface area contributed by atoms with Crippen molar-refractivity contribution in [1.29, 1.82) is 0 Å². The molecule has 190 valence electrons. The largest absolute Gasteiger partial charge is 0.396 e. The maximum atomic E-state index is 10.0. The molecule has 4 N–H and O–H groups in total. The van der Waals surface area contributed by atoms with Crippen LogP contribution in [0.3, 0.4) is 0 Å². The molecule has 0 aromatic heterocycles. The maximum Gasteiger partial charge on any atom is 0.0591 e. The molecule has 4 atom stereocenters. The monoisotopic (exact) mass is 459 g/mol.